The summed E-state index contributed by atoms with van der Waals surface area (Å²) in [6.07, 6.45) is 7.70. The van der Waals surface area contributed by atoms with Gasteiger partial charge in [0.1, 0.15) is 0 Å². The van der Waals surface area contributed by atoms with Crippen LogP contribution in [0.15, 0.2) is 53.6 Å². The zero-order chi connectivity index (χ0) is 11.4. The van der Waals surface area contributed by atoms with Gasteiger partial charge in [0.15, 0.2) is 0 Å². The molecule has 0 unspecified atom stereocenters. The molecule has 0 atom stereocenters. The van der Waals surface area contributed by atoms with Crippen LogP contribution < -0.4 is 11.4 Å². The minimum absolute atomic E-state index is 0.743. The van der Waals surface area contributed by atoms with E-state index in [1.807, 2.05) is 48.6 Å². The zero-order valence-electron chi connectivity index (χ0n) is 8.80. The molecule has 1 aliphatic carbocycles. The van der Waals surface area contributed by atoms with Crippen molar-refractivity contribution in [3.05, 3.63) is 48.6 Å². The summed E-state index contributed by atoms with van der Waals surface area (Å²) in [5.41, 5.74) is 14.5. The van der Waals surface area contributed by atoms with Crippen LogP contribution in [0.5, 0.6) is 0 Å². The van der Waals surface area contributed by atoms with Crippen LogP contribution in [-0.4, -0.2) is 18.2 Å². The topological polar surface area (TPSA) is 64.4 Å². The van der Waals surface area contributed by atoms with Crippen molar-refractivity contribution in [1.82, 2.24) is 0 Å². The van der Waals surface area contributed by atoms with Crippen LogP contribution in [0, 0.1) is 0 Å². The van der Waals surface area contributed by atoms with E-state index in [9.17, 15) is 0 Å². The number of benzene rings is 1. The van der Waals surface area contributed by atoms with Crippen molar-refractivity contribution in [3.8, 4) is 0 Å². The fourth-order valence-corrected chi connectivity index (χ4v) is 1.36. The van der Waals surface area contributed by atoms with E-state index in [0.717, 1.165) is 22.5 Å². The van der Waals surface area contributed by atoms with Gasteiger partial charge >= 0.3 is 94.5 Å². The van der Waals surface area contributed by atoms with Gasteiger partial charge in [-0.1, -0.05) is 0 Å². The Balaban J connectivity index is 2.21. The predicted octanol–water partition coefficient (Wildman–Crippen LogP) is 1.22. The van der Waals surface area contributed by atoms with Crippen molar-refractivity contribution in [1.29, 1.82) is 0 Å². The number of rotatable bonds is 1. The van der Waals surface area contributed by atoms with Gasteiger partial charge in [-0.2, -0.15) is 0 Å². The number of hydrogen-bond acceptors (Lipinski definition) is 3. The van der Waals surface area contributed by atoms with Crippen LogP contribution >= 0.6 is 0 Å². The third-order valence-corrected chi connectivity index (χ3v) is 2.24. The van der Waals surface area contributed by atoms with E-state index < -0.39 is 0 Å². The first kappa shape index (κ1) is 10.4. The van der Waals surface area contributed by atoms with Crippen LogP contribution in [0.4, 0.5) is 11.4 Å². The molecule has 0 saturated carbocycles. The Bertz CT molecular complexity index is 478. The van der Waals surface area contributed by atoms with Crippen LogP contribution in [0.1, 0.15) is 0 Å². The van der Waals surface area contributed by atoms with Crippen molar-refractivity contribution < 1.29 is 0 Å². The SMILES string of the molecule is NB=C1C=CC(=Nc2ccc(N)cc2)C=C1. The van der Waals surface area contributed by atoms with Crippen molar-refractivity contribution in [2.24, 2.45) is 10.6 Å². The van der Waals surface area contributed by atoms with Gasteiger partial charge in [0, 0.05) is 0 Å². The zero-order valence-corrected chi connectivity index (χ0v) is 8.80. The minimum atomic E-state index is 0.743. The number of anilines is 1. The van der Waals surface area contributed by atoms with Crippen LogP contribution in [0.25, 0.3) is 0 Å². The molecule has 0 aliphatic heterocycles. The van der Waals surface area contributed by atoms with Gasteiger partial charge in [0.2, 0.25) is 0 Å². The first-order valence-electron chi connectivity index (χ1n) is 5.00. The predicted molar refractivity (Wildman–Crippen MR) is 71.2 cm³/mol. The summed E-state index contributed by atoms with van der Waals surface area (Å²) in [5, 5.41) is 0. The maximum absolute atomic E-state index is 5.60. The van der Waals surface area contributed by atoms with Crippen LogP contribution in [0.3, 0.4) is 0 Å². The molecule has 78 valence electrons. The Hall–Kier alpha value is -2.10. The quantitative estimate of drug-likeness (QED) is 0.539. The molecule has 0 bridgehead atoms. The average Bonchev–Trinajstić information content (AvgIpc) is 2.33. The van der Waals surface area contributed by atoms with Crippen LogP contribution in [0.2, 0.25) is 0 Å². The Labute approximate surface area is 95.1 Å². The van der Waals surface area contributed by atoms with E-state index in [4.69, 9.17) is 11.4 Å². The molecule has 2 rings (SSSR count). The third kappa shape index (κ3) is 2.48. The monoisotopic (exact) mass is 209 g/mol. The second-order valence-electron chi connectivity index (χ2n) is 3.46. The first-order chi connectivity index (χ1) is 7.78. The summed E-state index contributed by atoms with van der Waals surface area (Å²) in [6.45, 7) is 0. The van der Waals surface area contributed by atoms with Gasteiger partial charge in [-0.25, -0.2) is 0 Å². The van der Waals surface area contributed by atoms with E-state index >= 15 is 0 Å². The molecular weight excluding hydrogens is 197 g/mol. The fraction of sp³-hybridized carbons (Fsp3) is 0. The van der Waals surface area contributed by atoms with Gasteiger partial charge in [0.05, 0.1) is 0 Å². The molecule has 1 aromatic rings. The average molecular weight is 209 g/mol. The molecule has 1 aromatic carbocycles. The van der Waals surface area contributed by atoms with E-state index in [-0.39, 0.29) is 0 Å². The molecule has 0 fully saturated rings. The van der Waals surface area contributed by atoms with Gasteiger partial charge in [-0.3, -0.25) is 0 Å². The van der Waals surface area contributed by atoms with Gasteiger partial charge in [0.25, 0.3) is 0 Å². The van der Waals surface area contributed by atoms with E-state index in [1.165, 1.54) is 0 Å². The first-order valence-corrected chi connectivity index (χ1v) is 5.00. The standard InChI is InChI=1S/C12H12BN3/c14-10-3-7-12(8-4-10)16-11-5-1-9(13-15)2-6-11/h1-8H,14-15H2. The van der Waals surface area contributed by atoms with Gasteiger partial charge in [-0.05, 0) is 0 Å². The molecule has 0 aromatic heterocycles. The number of nitrogens with two attached hydrogens (primary N) is 2. The Kier molecular flexibility index (Phi) is 3.01. The number of aliphatic imine (C=N–C) groups is 1. The van der Waals surface area contributed by atoms with Crippen molar-refractivity contribution in [2.75, 3.05) is 5.73 Å². The van der Waals surface area contributed by atoms with Gasteiger partial charge in [-0.15, -0.1) is 0 Å². The second-order valence-corrected chi connectivity index (χ2v) is 3.46. The van der Waals surface area contributed by atoms with E-state index in [0.29, 0.717) is 0 Å². The van der Waals surface area contributed by atoms with Gasteiger partial charge < -0.3 is 0 Å². The molecule has 4 N–H and O–H groups in total. The molecule has 4 heteroatoms. The molecule has 0 radical (unpaired) electrons. The van der Waals surface area contributed by atoms with Crippen molar-refractivity contribution in [2.45, 2.75) is 0 Å². The normalized spacial score (nSPS) is 13.8. The summed E-state index contributed by atoms with van der Waals surface area (Å²) in [7, 11) is 1.56. The molecule has 1 aliphatic rings. The summed E-state index contributed by atoms with van der Waals surface area (Å²) in [4.78, 5) is 4.45. The summed E-state index contributed by atoms with van der Waals surface area (Å²) in [5.74, 6) is 0. The second kappa shape index (κ2) is 4.62. The van der Waals surface area contributed by atoms with Crippen molar-refractivity contribution >= 4 is 29.6 Å². The van der Waals surface area contributed by atoms with Crippen molar-refractivity contribution in [3.63, 3.8) is 0 Å². The van der Waals surface area contributed by atoms with Crippen LogP contribution in [-0.2, 0) is 0 Å². The summed E-state index contributed by atoms with van der Waals surface area (Å²) >= 11 is 0. The molecule has 0 saturated heterocycles. The summed E-state index contributed by atoms with van der Waals surface area (Å²) in [6, 6.07) is 7.44. The molecule has 16 heavy (non-hydrogen) atoms. The Morgan fingerprint density at radius 1 is 0.938 bits per heavy atom. The molecule has 0 spiro atoms. The molecular formula is C12H12BN3. The number of hydrogen-bond donors (Lipinski definition) is 2. The van der Waals surface area contributed by atoms with E-state index in [1.54, 1.807) is 7.06 Å². The fourth-order valence-electron chi connectivity index (χ4n) is 1.36. The number of nitrogen functional groups attached to an aromatic ring is 1. The Morgan fingerprint density at radius 2 is 1.56 bits per heavy atom. The number of allylic oxidation sites excluding steroid dienone is 4. The maximum atomic E-state index is 5.60. The van der Waals surface area contributed by atoms with E-state index in [2.05, 4.69) is 4.99 Å². The molecule has 0 heterocycles. The molecule has 0 amide bonds. The molecule has 3 nitrogen and oxygen atoms in total. The Morgan fingerprint density at radius 3 is 2.12 bits per heavy atom. The summed E-state index contributed by atoms with van der Waals surface area (Å²) < 4.78 is 0. The number of nitrogens with zero attached hydrogens (tertiary/aromatic N) is 1. The third-order valence-electron chi connectivity index (χ3n) is 2.24.